The van der Waals surface area contributed by atoms with Crippen LogP contribution in [-0.4, -0.2) is 34.9 Å². The van der Waals surface area contributed by atoms with Crippen molar-refractivity contribution in [3.05, 3.63) is 54.1 Å². The number of nitrogens with one attached hydrogen (secondary N) is 1. The highest BCUT2D eigenvalue weighted by molar-refractivity contribution is 8.27. The predicted octanol–water partition coefficient (Wildman–Crippen LogP) is 5.05. The molecule has 3 rings (SSSR count). The van der Waals surface area contributed by atoms with Crippen molar-refractivity contribution in [1.29, 1.82) is 0 Å². The lowest BCUT2D eigenvalue weighted by atomic mass is 10.2. The molecule has 11 heteroatoms. The molecular weight excluding hydrogens is 405 g/mol. The summed E-state index contributed by atoms with van der Waals surface area (Å²) >= 11 is 0. The molecule has 5 nitrogen and oxygen atoms in total. The number of hydrogen-bond acceptors (Lipinski definition) is 5. The van der Waals surface area contributed by atoms with Crippen molar-refractivity contribution in [3.8, 4) is 0 Å². The van der Waals surface area contributed by atoms with Gasteiger partial charge in [0.25, 0.3) is 0 Å². The molecule has 0 saturated carbocycles. The summed E-state index contributed by atoms with van der Waals surface area (Å²) in [6.45, 7) is -1.08. The molecule has 28 heavy (non-hydrogen) atoms. The number of benzene rings is 2. The Kier molecular flexibility index (Phi) is 5.71. The topological polar surface area (TPSA) is 59.0 Å². The molecule has 0 atom stereocenters. The Morgan fingerprint density at radius 1 is 0.964 bits per heavy atom. The summed E-state index contributed by atoms with van der Waals surface area (Å²) < 4.78 is 87.5. The maximum atomic E-state index is 13.7. The third kappa shape index (κ3) is 4.17. The maximum Gasteiger partial charge on any atom is 0.401 e. The van der Waals surface area contributed by atoms with Gasteiger partial charge in [-0.05, 0) is 48.2 Å². The number of halogens is 5. The first-order chi connectivity index (χ1) is 13.1. The van der Waals surface area contributed by atoms with Gasteiger partial charge < -0.3 is 5.32 Å². The Morgan fingerprint density at radius 2 is 1.64 bits per heavy atom. The highest BCUT2D eigenvalue weighted by atomic mass is 32.3. The van der Waals surface area contributed by atoms with Gasteiger partial charge in [0.05, 0.1) is 23.6 Å². The third-order valence-corrected chi connectivity index (χ3v) is 5.96. The molecule has 0 saturated heterocycles. The first kappa shape index (κ1) is 20.6. The lowest BCUT2D eigenvalue weighted by Gasteiger charge is -2.43. The Hall–Kier alpha value is -2.08. The number of alkyl halides is 3. The standard InChI is InChI=1S/C17H18F5N3O2S/c18-13-7-6-12(10-14(13)19)25-16-5-2-1-4-15(16)24(28(25,26)27)9-3-8-23-11-17(20,21)22/h1-2,4-7,10,23,26-27H,3,8-9,11H2. The van der Waals surface area contributed by atoms with Crippen molar-refractivity contribution in [2.24, 2.45) is 0 Å². The first-order valence-electron chi connectivity index (χ1n) is 8.29. The molecule has 2 aromatic carbocycles. The molecule has 3 N–H and O–H groups in total. The Bertz CT molecular complexity index is 850. The van der Waals surface area contributed by atoms with E-state index in [2.05, 4.69) is 5.32 Å². The molecule has 0 radical (unpaired) electrons. The zero-order valence-corrected chi connectivity index (χ0v) is 15.3. The van der Waals surface area contributed by atoms with E-state index in [9.17, 15) is 31.1 Å². The zero-order valence-electron chi connectivity index (χ0n) is 14.5. The van der Waals surface area contributed by atoms with Gasteiger partial charge >= 0.3 is 6.18 Å². The summed E-state index contributed by atoms with van der Waals surface area (Å²) in [6, 6.07) is 9.48. The molecule has 2 aromatic rings. The fourth-order valence-corrected chi connectivity index (χ4v) is 4.73. The second-order valence-electron chi connectivity index (χ2n) is 6.12. The summed E-state index contributed by atoms with van der Waals surface area (Å²) in [5.74, 6) is -2.21. The molecule has 154 valence electrons. The van der Waals surface area contributed by atoms with E-state index in [0.29, 0.717) is 11.4 Å². The highest BCUT2D eigenvalue weighted by Gasteiger charge is 2.41. The van der Waals surface area contributed by atoms with E-state index in [-0.39, 0.29) is 25.2 Å². The van der Waals surface area contributed by atoms with Crippen LogP contribution in [0, 0.1) is 11.6 Å². The molecule has 1 aliphatic rings. The number of anilines is 3. The number of rotatable bonds is 6. The smallest absolute Gasteiger partial charge is 0.309 e. The van der Waals surface area contributed by atoms with Crippen LogP contribution in [0.25, 0.3) is 0 Å². The van der Waals surface area contributed by atoms with Gasteiger partial charge in [0.2, 0.25) is 0 Å². The van der Waals surface area contributed by atoms with Crippen LogP contribution in [0.15, 0.2) is 42.5 Å². The van der Waals surface area contributed by atoms with E-state index in [1.807, 2.05) is 0 Å². The van der Waals surface area contributed by atoms with Crippen LogP contribution in [0.1, 0.15) is 6.42 Å². The maximum absolute atomic E-state index is 13.7. The van der Waals surface area contributed by atoms with Crippen LogP contribution in [0.2, 0.25) is 0 Å². The number of para-hydroxylation sites is 2. The minimum Gasteiger partial charge on any atom is -0.309 e. The molecule has 0 unspecified atom stereocenters. The van der Waals surface area contributed by atoms with E-state index in [1.54, 1.807) is 24.3 Å². The molecule has 1 heterocycles. The zero-order chi connectivity index (χ0) is 20.5. The molecule has 0 spiro atoms. The summed E-state index contributed by atoms with van der Waals surface area (Å²) in [5.41, 5.74) is 0.851. The SMILES string of the molecule is OS1(O)N(CCCNCC(F)(F)F)c2ccccc2N1c1ccc(F)c(F)c1. The largest absolute Gasteiger partial charge is 0.401 e. The monoisotopic (exact) mass is 423 g/mol. The summed E-state index contributed by atoms with van der Waals surface area (Å²) in [4.78, 5) is 0. The first-order valence-corrected chi connectivity index (χ1v) is 9.75. The lowest BCUT2D eigenvalue weighted by molar-refractivity contribution is -0.124. The molecular formula is C17H18F5N3O2S. The van der Waals surface area contributed by atoms with Crippen LogP contribution in [-0.2, 0) is 0 Å². The average molecular weight is 423 g/mol. The van der Waals surface area contributed by atoms with Crippen molar-refractivity contribution in [2.45, 2.75) is 12.6 Å². The Morgan fingerprint density at radius 3 is 2.29 bits per heavy atom. The quantitative estimate of drug-likeness (QED) is 0.449. The van der Waals surface area contributed by atoms with Crippen molar-refractivity contribution in [1.82, 2.24) is 5.32 Å². The van der Waals surface area contributed by atoms with Gasteiger partial charge in [-0.25, -0.2) is 13.1 Å². The second-order valence-corrected chi connectivity index (χ2v) is 7.90. The Balaban J connectivity index is 1.81. The summed E-state index contributed by atoms with van der Waals surface area (Å²) in [6.07, 6.45) is -4.13. The van der Waals surface area contributed by atoms with E-state index in [1.165, 1.54) is 10.4 Å². The van der Waals surface area contributed by atoms with E-state index >= 15 is 0 Å². The van der Waals surface area contributed by atoms with Gasteiger partial charge in [0, 0.05) is 12.6 Å². The fourth-order valence-electron chi connectivity index (χ4n) is 2.92. The number of fused-ring (bicyclic) bond motifs is 1. The molecule has 0 bridgehead atoms. The second kappa shape index (κ2) is 7.74. The van der Waals surface area contributed by atoms with Gasteiger partial charge in [-0.3, -0.25) is 13.4 Å². The van der Waals surface area contributed by atoms with Crippen molar-refractivity contribution >= 4 is 28.0 Å². The van der Waals surface area contributed by atoms with Crippen molar-refractivity contribution < 1.29 is 31.1 Å². The van der Waals surface area contributed by atoms with Crippen molar-refractivity contribution in [2.75, 3.05) is 28.2 Å². The van der Waals surface area contributed by atoms with Gasteiger partial charge in [0.15, 0.2) is 11.6 Å². The van der Waals surface area contributed by atoms with Crippen molar-refractivity contribution in [3.63, 3.8) is 0 Å². The summed E-state index contributed by atoms with van der Waals surface area (Å²) in [7, 11) is -3.66. The average Bonchev–Trinajstić information content (AvgIpc) is 2.83. The number of nitrogens with zero attached hydrogens (tertiary/aromatic N) is 2. The minimum atomic E-state index is -4.33. The van der Waals surface area contributed by atoms with Crippen LogP contribution >= 0.6 is 11.0 Å². The normalized spacial score (nSPS) is 17.0. The fraction of sp³-hybridized carbons (Fsp3) is 0.294. The number of hydrogen-bond donors (Lipinski definition) is 3. The summed E-state index contributed by atoms with van der Waals surface area (Å²) in [5, 5.41) is 2.25. The molecule has 0 fully saturated rings. The third-order valence-electron chi connectivity index (χ3n) is 4.09. The van der Waals surface area contributed by atoms with Crippen LogP contribution in [0.5, 0.6) is 0 Å². The lowest BCUT2D eigenvalue weighted by Crippen LogP contribution is -2.34. The van der Waals surface area contributed by atoms with Crippen LogP contribution in [0.4, 0.5) is 39.0 Å². The molecule has 0 aliphatic carbocycles. The molecule has 0 aromatic heterocycles. The van der Waals surface area contributed by atoms with Crippen LogP contribution in [0.3, 0.4) is 0 Å². The van der Waals surface area contributed by atoms with Gasteiger partial charge in [0.1, 0.15) is 0 Å². The van der Waals surface area contributed by atoms with Gasteiger partial charge in [-0.1, -0.05) is 12.1 Å². The van der Waals surface area contributed by atoms with E-state index in [4.69, 9.17) is 0 Å². The van der Waals surface area contributed by atoms with E-state index < -0.39 is 35.3 Å². The van der Waals surface area contributed by atoms with Gasteiger partial charge in [-0.2, -0.15) is 13.2 Å². The highest BCUT2D eigenvalue weighted by Crippen LogP contribution is 2.64. The van der Waals surface area contributed by atoms with Gasteiger partial charge in [-0.15, -0.1) is 0 Å². The predicted molar refractivity (Wildman–Crippen MR) is 98.7 cm³/mol. The Labute approximate surface area is 160 Å². The van der Waals surface area contributed by atoms with E-state index in [0.717, 1.165) is 16.4 Å². The molecule has 0 amide bonds. The minimum absolute atomic E-state index is 0.0128. The molecule has 1 aliphatic heterocycles. The van der Waals surface area contributed by atoms with Crippen LogP contribution < -0.4 is 13.9 Å².